The lowest BCUT2D eigenvalue weighted by molar-refractivity contribution is 0.0701. The fourth-order valence-corrected chi connectivity index (χ4v) is 3.19. The van der Waals surface area contributed by atoms with Gasteiger partial charge < -0.3 is 5.11 Å². The molecule has 18 heavy (non-hydrogen) atoms. The Kier molecular flexibility index (Phi) is 3.60. The van der Waals surface area contributed by atoms with Gasteiger partial charge in [0.2, 0.25) is 0 Å². The van der Waals surface area contributed by atoms with Crippen LogP contribution < -0.4 is 0 Å². The van der Waals surface area contributed by atoms with Gasteiger partial charge in [-0.3, -0.25) is 0 Å². The minimum atomic E-state index is -0.963. The van der Waals surface area contributed by atoms with Crippen molar-refractivity contribution >= 4 is 29.1 Å². The van der Waals surface area contributed by atoms with Gasteiger partial charge in [-0.1, -0.05) is 11.8 Å². The average Bonchev–Trinajstić information content (AvgIpc) is 2.71. The fraction of sp³-hybridized carbons (Fsp3) is 0.0909. The van der Waals surface area contributed by atoms with E-state index < -0.39 is 5.97 Å². The Morgan fingerprint density at radius 3 is 2.83 bits per heavy atom. The topological polar surface area (TPSA) is 86.9 Å². The molecule has 0 saturated heterocycles. The number of hydrogen-bond acceptors (Lipinski definition) is 6. The molecule has 0 saturated carbocycles. The van der Waals surface area contributed by atoms with Crippen molar-refractivity contribution in [2.24, 2.45) is 0 Å². The number of carboxylic acid groups (broad SMARTS) is 1. The molecule has 2 rings (SSSR count). The zero-order valence-corrected chi connectivity index (χ0v) is 10.9. The van der Waals surface area contributed by atoms with Gasteiger partial charge >= 0.3 is 5.97 Å². The Morgan fingerprint density at radius 2 is 2.33 bits per heavy atom. The Morgan fingerprint density at radius 1 is 1.56 bits per heavy atom. The number of aromatic nitrogens is 2. The molecule has 0 atom stereocenters. The summed E-state index contributed by atoms with van der Waals surface area (Å²) in [7, 11) is 0. The molecule has 2 aromatic heterocycles. The van der Waals surface area contributed by atoms with E-state index in [1.54, 1.807) is 25.3 Å². The number of hydrogen-bond donors (Lipinski definition) is 1. The summed E-state index contributed by atoms with van der Waals surface area (Å²) in [5, 5.41) is 17.6. The van der Waals surface area contributed by atoms with Crippen LogP contribution in [0.25, 0.3) is 0 Å². The van der Waals surface area contributed by atoms with Crippen molar-refractivity contribution in [1.29, 1.82) is 5.26 Å². The maximum Gasteiger partial charge on any atom is 0.347 e. The molecule has 0 aliphatic rings. The molecule has 0 spiro atoms. The fourth-order valence-electron chi connectivity index (χ4n) is 1.22. The highest BCUT2D eigenvalue weighted by atomic mass is 32.2. The summed E-state index contributed by atoms with van der Waals surface area (Å²) in [5.41, 5.74) is 0.859. The summed E-state index contributed by atoms with van der Waals surface area (Å²) in [5.74, 6) is -0.963. The van der Waals surface area contributed by atoms with E-state index in [0.29, 0.717) is 15.7 Å². The zero-order valence-electron chi connectivity index (χ0n) is 9.25. The number of pyridine rings is 1. The van der Waals surface area contributed by atoms with Gasteiger partial charge in [0.15, 0.2) is 4.34 Å². The van der Waals surface area contributed by atoms with Crippen molar-refractivity contribution in [1.82, 2.24) is 9.97 Å². The van der Waals surface area contributed by atoms with Crippen LogP contribution in [0.5, 0.6) is 0 Å². The second kappa shape index (κ2) is 5.16. The standard InChI is InChI=1S/C11H7N3O2S2/c1-6-9(10(15)16)18-11(14-6)17-8-3-2-7(4-12)13-5-8/h2-3,5H,1H3,(H,15,16). The summed E-state index contributed by atoms with van der Waals surface area (Å²) in [4.78, 5) is 20.1. The van der Waals surface area contributed by atoms with Gasteiger partial charge in [0.05, 0.1) is 5.69 Å². The molecular weight excluding hydrogens is 270 g/mol. The van der Waals surface area contributed by atoms with E-state index in [-0.39, 0.29) is 4.88 Å². The normalized spacial score (nSPS) is 10.0. The highest BCUT2D eigenvalue weighted by molar-refractivity contribution is 8.01. The number of nitrogens with zero attached hydrogens (tertiary/aromatic N) is 3. The van der Waals surface area contributed by atoms with Crippen LogP contribution in [0.15, 0.2) is 27.6 Å². The molecule has 0 bridgehead atoms. The first-order valence-electron chi connectivity index (χ1n) is 4.85. The molecule has 0 radical (unpaired) electrons. The minimum absolute atomic E-state index is 0.249. The van der Waals surface area contributed by atoms with E-state index >= 15 is 0 Å². The average molecular weight is 277 g/mol. The van der Waals surface area contributed by atoms with Crippen molar-refractivity contribution in [2.45, 2.75) is 16.2 Å². The number of aryl methyl sites for hydroxylation is 1. The Balaban J connectivity index is 2.21. The highest BCUT2D eigenvalue weighted by Gasteiger charge is 2.14. The van der Waals surface area contributed by atoms with Gasteiger partial charge in [-0.15, -0.1) is 11.3 Å². The molecule has 90 valence electrons. The van der Waals surface area contributed by atoms with E-state index in [1.165, 1.54) is 11.8 Å². The van der Waals surface area contributed by atoms with Crippen molar-refractivity contribution in [3.05, 3.63) is 34.6 Å². The van der Waals surface area contributed by atoms with Crippen LogP contribution in [0.4, 0.5) is 0 Å². The number of carboxylic acids is 1. The number of thiazole rings is 1. The smallest absolute Gasteiger partial charge is 0.347 e. The first-order chi connectivity index (χ1) is 8.60. The van der Waals surface area contributed by atoms with Crippen LogP contribution in [0.2, 0.25) is 0 Å². The lowest BCUT2D eigenvalue weighted by atomic mass is 10.4. The maximum absolute atomic E-state index is 10.9. The highest BCUT2D eigenvalue weighted by Crippen LogP contribution is 2.32. The molecule has 0 aromatic carbocycles. The lowest BCUT2D eigenvalue weighted by Gasteiger charge is -1.95. The van der Waals surface area contributed by atoms with Gasteiger partial charge in [0.25, 0.3) is 0 Å². The van der Waals surface area contributed by atoms with E-state index in [2.05, 4.69) is 9.97 Å². The largest absolute Gasteiger partial charge is 0.477 e. The minimum Gasteiger partial charge on any atom is -0.477 e. The number of aromatic carboxylic acids is 1. The first kappa shape index (κ1) is 12.5. The van der Waals surface area contributed by atoms with E-state index in [0.717, 1.165) is 16.2 Å². The van der Waals surface area contributed by atoms with Gasteiger partial charge in [-0.2, -0.15) is 5.26 Å². The predicted molar refractivity (Wildman–Crippen MR) is 66.9 cm³/mol. The first-order valence-corrected chi connectivity index (χ1v) is 6.48. The monoisotopic (exact) mass is 277 g/mol. The third-order valence-corrected chi connectivity index (χ3v) is 4.21. The Bertz CT molecular complexity index is 629. The van der Waals surface area contributed by atoms with Crippen LogP contribution in [-0.4, -0.2) is 21.0 Å². The lowest BCUT2D eigenvalue weighted by Crippen LogP contribution is -1.94. The zero-order chi connectivity index (χ0) is 13.1. The molecule has 5 nitrogen and oxygen atoms in total. The number of carbonyl (C=O) groups is 1. The molecule has 1 N–H and O–H groups in total. The molecular formula is C11H7N3O2S2. The van der Waals surface area contributed by atoms with Crippen LogP contribution in [0.1, 0.15) is 21.1 Å². The van der Waals surface area contributed by atoms with Gasteiger partial charge in [-0.25, -0.2) is 14.8 Å². The predicted octanol–water partition coefficient (Wildman–Crippen LogP) is 2.57. The van der Waals surface area contributed by atoms with E-state index in [9.17, 15) is 4.79 Å². The summed E-state index contributed by atoms with van der Waals surface area (Å²) in [6.07, 6.45) is 1.57. The SMILES string of the molecule is Cc1nc(Sc2ccc(C#N)nc2)sc1C(=O)O. The van der Waals surface area contributed by atoms with Crippen molar-refractivity contribution in [3.63, 3.8) is 0 Å². The van der Waals surface area contributed by atoms with Crippen LogP contribution >= 0.6 is 23.1 Å². The van der Waals surface area contributed by atoms with Gasteiger partial charge in [0.1, 0.15) is 16.6 Å². The van der Waals surface area contributed by atoms with Crippen molar-refractivity contribution in [2.75, 3.05) is 0 Å². The van der Waals surface area contributed by atoms with Crippen LogP contribution in [-0.2, 0) is 0 Å². The molecule has 2 heterocycles. The molecule has 0 aliphatic heterocycles. The Hall–Kier alpha value is -1.91. The molecule has 0 fully saturated rings. The second-order valence-corrected chi connectivity index (χ2v) is 5.61. The van der Waals surface area contributed by atoms with Crippen molar-refractivity contribution < 1.29 is 9.90 Å². The summed E-state index contributed by atoms with van der Waals surface area (Å²) in [6, 6.07) is 5.30. The summed E-state index contributed by atoms with van der Waals surface area (Å²) < 4.78 is 0.649. The molecule has 7 heteroatoms. The Labute approximate surface area is 111 Å². The second-order valence-electron chi connectivity index (χ2n) is 3.29. The number of rotatable bonds is 3. The van der Waals surface area contributed by atoms with Crippen LogP contribution in [0, 0.1) is 18.3 Å². The van der Waals surface area contributed by atoms with E-state index in [4.69, 9.17) is 10.4 Å². The third-order valence-electron chi connectivity index (χ3n) is 2.03. The number of nitriles is 1. The quantitative estimate of drug-likeness (QED) is 0.927. The maximum atomic E-state index is 10.9. The molecule has 0 amide bonds. The van der Waals surface area contributed by atoms with Crippen molar-refractivity contribution in [3.8, 4) is 6.07 Å². The third kappa shape index (κ3) is 2.67. The summed E-state index contributed by atoms with van der Waals surface area (Å²) >= 11 is 2.46. The van der Waals surface area contributed by atoms with Crippen LogP contribution in [0.3, 0.4) is 0 Å². The summed E-state index contributed by atoms with van der Waals surface area (Å²) in [6.45, 7) is 1.67. The molecule has 0 unspecified atom stereocenters. The van der Waals surface area contributed by atoms with Gasteiger partial charge in [-0.05, 0) is 19.1 Å². The van der Waals surface area contributed by atoms with Gasteiger partial charge in [0, 0.05) is 11.1 Å². The molecule has 0 aliphatic carbocycles. The molecule has 2 aromatic rings. The van der Waals surface area contributed by atoms with E-state index in [1.807, 2.05) is 6.07 Å².